The van der Waals surface area contributed by atoms with E-state index >= 15 is 0 Å². The van der Waals surface area contributed by atoms with Gasteiger partial charge in [0.05, 0.1) is 0 Å². The van der Waals surface area contributed by atoms with Gasteiger partial charge >= 0.3 is 0 Å². The molecule has 2 N–H and O–H groups in total. The molecule has 0 spiro atoms. The van der Waals surface area contributed by atoms with Crippen LogP contribution in [-0.2, 0) is 0 Å². The van der Waals surface area contributed by atoms with E-state index in [2.05, 4.69) is 23.7 Å². The van der Waals surface area contributed by atoms with Crippen molar-refractivity contribution in [1.82, 2.24) is 4.90 Å². The van der Waals surface area contributed by atoms with Crippen molar-refractivity contribution in [2.45, 2.75) is 52.4 Å². The van der Waals surface area contributed by atoms with Crippen LogP contribution in [0.1, 0.15) is 52.4 Å². The first-order chi connectivity index (χ1) is 8.11. The van der Waals surface area contributed by atoms with Gasteiger partial charge in [-0.15, -0.1) is 24.0 Å². The van der Waals surface area contributed by atoms with Gasteiger partial charge in [-0.05, 0) is 49.9 Å². The Morgan fingerprint density at radius 3 is 2.33 bits per heavy atom. The molecule has 0 aromatic heterocycles. The number of hydrogen-bond donors (Lipinski definition) is 1. The molecule has 4 heteroatoms. The molecule has 18 heavy (non-hydrogen) atoms. The van der Waals surface area contributed by atoms with Gasteiger partial charge in [0.2, 0.25) is 0 Å². The zero-order valence-electron chi connectivity index (χ0n) is 11.8. The Balaban J connectivity index is 0.00000162. The predicted molar refractivity (Wildman–Crippen MR) is 88.5 cm³/mol. The van der Waals surface area contributed by atoms with Gasteiger partial charge in [-0.1, -0.05) is 13.8 Å². The molecule has 2 rings (SSSR count). The van der Waals surface area contributed by atoms with Gasteiger partial charge in [-0.2, -0.15) is 0 Å². The van der Waals surface area contributed by atoms with Gasteiger partial charge in [0.25, 0.3) is 0 Å². The van der Waals surface area contributed by atoms with Crippen LogP contribution >= 0.6 is 24.0 Å². The largest absolute Gasteiger partial charge is 0.370 e. The van der Waals surface area contributed by atoms with E-state index in [0.717, 1.165) is 31.5 Å². The van der Waals surface area contributed by atoms with Crippen LogP contribution in [0.25, 0.3) is 0 Å². The minimum atomic E-state index is 0. The molecule has 0 bridgehead atoms. The first-order valence-electron chi connectivity index (χ1n) is 7.16. The molecule has 1 heterocycles. The minimum Gasteiger partial charge on any atom is -0.370 e. The third-order valence-electron chi connectivity index (χ3n) is 4.05. The van der Waals surface area contributed by atoms with Gasteiger partial charge in [-0.25, -0.2) is 0 Å². The summed E-state index contributed by atoms with van der Waals surface area (Å²) in [6.45, 7) is 7.77. The lowest BCUT2D eigenvalue weighted by molar-refractivity contribution is 0.334. The van der Waals surface area contributed by atoms with Crippen molar-refractivity contribution in [3.63, 3.8) is 0 Å². The molecule has 0 unspecified atom stereocenters. The molecule has 0 amide bonds. The summed E-state index contributed by atoms with van der Waals surface area (Å²) >= 11 is 0. The van der Waals surface area contributed by atoms with Crippen LogP contribution in [0.3, 0.4) is 0 Å². The Morgan fingerprint density at radius 2 is 1.83 bits per heavy atom. The van der Waals surface area contributed by atoms with Gasteiger partial charge in [0, 0.05) is 19.6 Å². The number of hydrogen-bond acceptors (Lipinski definition) is 1. The van der Waals surface area contributed by atoms with Crippen molar-refractivity contribution in [3.05, 3.63) is 0 Å². The maximum Gasteiger partial charge on any atom is 0.191 e. The summed E-state index contributed by atoms with van der Waals surface area (Å²) in [4.78, 5) is 6.91. The van der Waals surface area contributed by atoms with Crippen molar-refractivity contribution in [2.24, 2.45) is 22.1 Å². The maximum atomic E-state index is 6.09. The molecule has 1 aliphatic carbocycles. The lowest BCUT2D eigenvalue weighted by Gasteiger charge is -2.28. The van der Waals surface area contributed by atoms with Crippen molar-refractivity contribution in [2.75, 3.05) is 19.6 Å². The predicted octanol–water partition coefficient (Wildman–Crippen LogP) is 3.23. The monoisotopic (exact) mass is 365 g/mol. The lowest BCUT2D eigenvalue weighted by atomic mass is 9.94. The summed E-state index contributed by atoms with van der Waals surface area (Å²) < 4.78 is 0. The van der Waals surface area contributed by atoms with Crippen molar-refractivity contribution < 1.29 is 0 Å². The van der Waals surface area contributed by atoms with Crippen molar-refractivity contribution in [3.8, 4) is 0 Å². The zero-order valence-corrected chi connectivity index (χ0v) is 14.2. The third-order valence-corrected chi connectivity index (χ3v) is 4.05. The van der Waals surface area contributed by atoms with E-state index in [4.69, 9.17) is 5.73 Å². The first-order valence-corrected chi connectivity index (χ1v) is 7.16. The topological polar surface area (TPSA) is 41.6 Å². The second-order valence-electron chi connectivity index (χ2n) is 6.32. The van der Waals surface area contributed by atoms with Crippen LogP contribution in [0.4, 0.5) is 0 Å². The number of nitrogens with two attached hydrogens (primary N) is 1. The first kappa shape index (κ1) is 16.1. The highest BCUT2D eigenvalue weighted by molar-refractivity contribution is 14.0. The molecular formula is C14H28IN3. The summed E-state index contributed by atoms with van der Waals surface area (Å²) in [6, 6.07) is 0. The summed E-state index contributed by atoms with van der Waals surface area (Å²) in [5.41, 5.74) is 6.60. The van der Waals surface area contributed by atoms with Crippen LogP contribution in [0.2, 0.25) is 0 Å². The van der Waals surface area contributed by atoms with E-state index in [1.54, 1.807) is 0 Å². The Morgan fingerprint density at radius 1 is 1.22 bits per heavy atom. The fourth-order valence-electron chi connectivity index (χ4n) is 2.94. The molecule has 1 aliphatic heterocycles. The second-order valence-corrected chi connectivity index (χ2v) is 6.32. The number of piperidine rings is 1. The van der Waals surface area contributed by atoms with E-state index in [9.17, 15) is 0 Å². The van der Waals surface area contributed by atoms with Crippen LogP contribution in [0.15, 0.2) is 4.99 Å². The lowest BCUT2D eigenvalue weighted by Crippen LogP contribution is -2.41. The fourth-order valence-corrected chi connectivity index (χ4v) is 2.94. The normalized spacial score (nSPS) is 22.8. The Hall–Kier alpha value is 0. The van der Waals surface area contributed by atoms with Gasteiger partial charge in [0.1, 0.15) is 0 Å². The standard InChI is InChI=1S/C14H27N3.HI/c1-12(2)10-14(6-7-14)11-16-13(15)17-8-4-3-5-9-17;/h12H,3-11H2,1-2H3,(H2,15,16);1H. The van der Waals surface area contributed by atoms with Gasteiger partial charge < -0.3 is 10.6 Å². The highest BCUT2D eigenvalue weighted by atomic mass is 127. The number of guanidine groups is 1. The number of aliphatic imine (C=N–C) groups is 1. The molecule has 0 aromatic rings. The van der Waals surface area contributed by atoms with Crippen LogP contribution in [-0.4, -0.2) is 30.5 Å². The van der Waals surface area contributed by atoms with E-state index in [-0.39, 0.29) is 24.0 Å². The van der Waals surface area contributed by atoms with Crippen molar-refractivity contribution in [1.29, 1.82) is 0 Å². The molecule has 0 radical (unpaired) electrons. The molecule has 2 aliphatic rings. The Kier molecular flexibility index (Phi) is 6.21. The smallest absolute Gasteiger partial charge is 0.191 e. The van der Waals surface area contributed by atoms with Crippen molar-refractivity contribution >= 4 is 29.9 Å². The Bertz CT molecular complexity index is 279. The summed E-state index contributed by atoms with van der Waals surface area (Å²) in [7, 11) is 0. The van der Waals surface area contributed by atoms with Crippen LogP contribution < -0.4 is 5.73 Å². The van der Waals surface area contributed by atoms with E-state index in [1.165, 1.54) is 38.5 Å². The average Bonchev–Trinajstić information content (AvgIpc) is 3.06. The number of nitrogens with zero attached hydrogens (tertiary/aromatic N) is 2. The molecule has 0 aromatic carbocycles. The molecular weight excluding hydrogens is 337 g/mol. The number of likely N-dealkylation sites (tertiary alicyclic amines) is 1. The molecule has 2 fully saturated rings. The molecule has 3 nitrogen and oxygen atoms in total. The average molecular weight is 365 g/mol. The maximum absolute atomic E-state index is 6.09. The van der Waals surface area contributed by atoms with E-state index in [1.807, 2.05) is 0 Å². The minimum absolute atomic E-state index is 0. The van der Waals surface area contributed by atoms with Gasteiger partial charge in [-0.3, -0.25) is 4.99 Å². The quantitative estimate of drug-likeness (QED) is 0.472. The van der Waals surface area contributed by atoms with Gasteiger partial charge in [0.15, 0.2) is 5.96 Å². The SMILES string of the molecule is CC(C)CC1(CN=C(N)N2CCCCC2)CC1.I. The third kappa shape index (κ3) is 4.59. The number of halogens is 1. The van der Waals surface area contributed by atoms with E-state index < -0.39 is 0 Å². The fraction of sp³-hybridized carbons (Fsp3) is 0.929. The number of rotatable bonds is 4. The Labute approximate surface area is 129 Å². The van der Waals surface area contributed by atoms with Crippen LogP contribution in [0.5, 0.6) is 0 Å². The zero-order chi connectivity index (χ0) is 12.3. The molecule has 1 saturated carbocycles. The summed E-state index contributed by atoms with van der Waals surface area (Å²) in [5.74, 6) is 1.57. The molecule has 106 valence electrons. The molecule has 1 saturated heterocycles. The highest BCUT2D eigenvalue weighted by Crippen LogP contribution is 2.50. The summed E-state index contributed by atoms with van der Waals surface area (Å²) in [5, 5.41) is 0. The van der Waals surface area contributed by atoms with E-state index in [0.29, 0.717) is 5.41 Å². The summed E-state index contributed by atoms with van der Waals surface area (Å²) in [6.07, 6.45) is 7.90. The highest BCUT2D eigenvalue weighted by Gasteiger charge is 2.42. The van der Waals surface area contributed by atoms with Crippen LogP contribution in [0, 0.1) is 11.3 Å². The second kappa shape index (κ2) is 6.96. The molecule has 0 atom stereocenters.